The molecule has 0 saturated heterocycles. The van der Waals surface area contributed by atoms with E-state index in [2.05, 4.69) is 9.97 Å². The van der Waals surface area contributed by atoms with Crippen LogP contribution in [0.5, 0.6) is 0 Å². The van der Waals surface area contributed by atoms with Gasteiger partial charge in [-0.2, -0.15) is 0 Å². The summed E-state index contributed by atoms with van der Waals surface area (Å²) in [5, 5.41) is 0.538. The number of rotatable bonds is 1. The molecule has 1 aromatic carbocycles. The second-order valence-electron chi connectivity index (χ2n) is 3.89. The van der Waals surface area contributed by atoms with Gasteiger partial charge >= 0.3 is 0 Å². The van der Waals surface area contributed by atoms with Crippen molar-refractivity contribution in [3.05, 3.63) is 51.1 Å². The fraction of sp³-hybridized carbons (Fsp3) is 0. The molecule has 0 amide bonds. The molecular weight excluding hydrogens is 308 g/mol. The summed E-state index contributed by atoms with van der Waals surface area (Å²) >= 11 is 16.9. The van der Waals surface area contributed by atoms with Crippen molar-refractivity contribution in [1.82, 2.24) is 14.5 Å². The Morgan fingerprint density at radius 3 is 2.79 bits per heavy atom. The van der Waals surface area contributed by atoms with Crippen LogP contribution in [0.1, 0.15) is 0 Å². The lowest BCUT2D eigenvalue weighted by molar-refractivity contribution is 0.628. The van der Waals surface area contributed by atoms with Crippen LogP contribution in [-0.4, -0.2) is 14.5 Å². The summed E-state index contributed by atoms with van der Waals surface area (Å²) in [5.74, 6) is -0.479. The molecule has 19 heavy (non-hydrogen) atoms. The molecule has 2 heterocycles. The number of fused-ring (bicyclic) bond motifs is 1. The van der Waals surface area contributed by atoms with Crippen LogP contribution in [0.4, 0.5) is 4.39 Å². The molecule has 1 N–H and O–H groups in total. The molecule has 0 spiro atoms. The van der Waals surface area contributed by atoms with E-state index < -0.39 is 5.82 Å². The van der Waals surface area contributed by atoms with Crippen LogP contribution in [0, 0.1) is 10.6 Å². The smallest absolute Gasteiger partial charge is 0.183 e. The van der Waals surface area contributed by atoms with E-state index in [1.807, 2.05) is 0 Å². The Kier molecular flexibility index (Phi) is 3.05. The zero-order valence-corrected chi connectivity index (χ0v) is 11.7. The van der Waals surface area contributed by atoms with Crippen LogP contribution in [0.2, 0.25) is 10.0 Å². The number of aromatic nitrogens is 3. The largest absolute Gasteiger partial charge is 0.329 e. The molecule has 0 aliphatic heterocycles. The first-order chi connectivity index (χ1) is 9.06. The first-order valence-electron chi connectivity index (χ1n) is 5.28. The Hall–Kier alpha value is -1.43. The minimum absolute atomic E-state index is 0.0303. The van der Waals surface area contributed by atoms with Crippen molar-refractivity contribution in [2.24, 2.45) is 0 Å². The van der Waals surface area contributed by atoms with Gasteiger partial charge in [0.15, 0.2) is 10.4 Å². The lowest BCUT2D eigenvalue weighted by Gasteiger charge is -2.04. The number of hydrogen-bond acceptors (Lipinski definition) is 2. The zero-order chi connectivity index (χ0) is 13.6. The van der Waals surface area contributed by atoms with Crippen molar-refractivity contribution in [1.29, 1.82) is 0 Å². The number of benzene rings is 1. The molecule has 2 aromatic heterocycles. The lowest BCUT2D eigenvalue weighted by atomic mass is 10.3. The van der Waals surface area contributed by atoms with Gasteiger partial charge in [-0.25, -0.2) is 9.37 Å². The van der Waals surface area contributed by atoms with Gasteiger partial charge in [-0.05, 0) is 36.5 Å². The fourth-order valence-electron chi connectivity index (χ4n) is 1.83. The maximum atomic E-state index is 13.2. The first kappa shape index (κ1) is 12.6. The molecule has 0 radical (unpaired) electrons. The molecule has 0 atom stereocenters. The van der Waals surface area contributed by atoms with E-state index in [4.69, 9.17) is 35.4 Å². The molecule has 0 bridgehead atoms. The summed E-state index contributed by atoms with van der Waals surface area (Å²) in [6.45, 7) is 0. The van der Waals surface area contributed by atoms with Crippen LogP contribution in [0.25, 0.3) is 16.9 Å². The molecule has 7 heteroatoms. The monoisotopic (exact) mass is 313 g/mol. The number of imidazole rings is 1. The summed E-state index contributed by atoms with van der Waals surface area (Å²) in [5.41, 5.74) is 1.95. The van der Waals surface area contributed by atoms with Gasteiger partial charge in [0.2, 0.25) is 0 Å². The predicted octanol–water partition coefficient (Wildman–Crippen LogP) is 4.53. The molecular formula is C12H6Cl2FN3S. The van der Waals surface area contributed by atoms with E-state index in [9.17, 15) is 4.39 Å². The minimum Gasteiger partial charge on any atom is -0.329 e. The summed E-state index contributed by atoms with van der Waals surface area (Å²) in [6, 6.07) is 6.09. The predicted molar refractivity (Wildman–Crippen MR) is 76.2 cm³/mol. The number of pyridine rings is 1. The van der Waals surface area contributed by atoms with E-state index >= 15 is 0 Å². The van der Waals surface area contributed by atoms with Crippen LogP contribution in [-0.2, 0) is 0 Å². The van der Waals surface area contributed by atoms with Crippen LogP contribution in [0.3, 0.4) is 0 Å². The van der Waals surface area contributed by atoms with Gasteiger partial charge in [0.25, 0.3) is 0 Å². The Balaban J connectivity index is 2.32. The third-order valence-electron chi connectivity index (χ3n) is 2.65. The zero-order valence-electron chi connectivity index (χ0n) is 9.32. The van der Waals surface area contributed by atoms with Gasteiger partial charge in [0.1, 0.15) is 5.82 Å². The second kappa shape index (κ2) is 4.59. The molecule has 0 fully saturated rings. The molecule has 3 rings (SSSR count). The highest BCUT2D eigenvalue weighted by atomic mass is 35.5. The standard InChI is InChI=1S/C12H6Cl2FN3S/c13-6-3-10-11(16-5-6)18(12(19)17-10)7-1-2-9(15)8(14)4-7/h1-5H,(H,17,19). The van der Waals surface area contributed by atoms with E-state index in [1.165, 1.54) is 18.3 Å². The molecule has 96 valence electrons. The molecule has 3 aromatic rings. The topological polar surface area (TPSA) is 33.6 Å². The Labute approximate surface area is 122 Å². The van der Waals surface area contributed by atoms with Crippen molar-refractivity contribution in [2.45, 2.75) is 0 Å². The number of aromatic amines is 1. The van der Waals surface area contributed by atoms with E-state index in [1.54, 1.807) is 16.7 Å². The minimum atomic E-state index is -0.479. The summed E-state index contributed by atoms with van der Waals surface area (Å²) < 4.78 is 15.3. The van der Waals surface area contributed by atoms with Crippen LogP contribution >= 0.6 is 35.4 Å². The SMILES string of the molecule is Fc1ccc(-n2c(=S)[nH]c3cc(Cl)cnc32)cc1Cl. The number of halogens is 3. The van der Waals surface area contributed by atoms with Crippen molar-refractivity contribution in [3.63, 3.8) is 0 Å². The number of H-pyrrole nitrogens is 1. The third-order valence-corrected chi connectivity index (χ3v) is 3.43. The van der Waals surface area contributed by atoms with Crippen LogP contribution in [0.15, 0.2) is 30.5 Å². The van der Waals surface area contributed by atoms with Crippen molar-refractivity contribution < 1.29 is 4.39 Å². The Morgan fingerprint density at radius 2 is 2.05 bits per heavy atom. The lowest BCUT2D eigenvalue weighted by Crippen LogP contribution is -1.96. The quantitative estimate of drug-likeness (QED) is 0.670. The van der Waals surface area contributed by atoms with Crippen molar-refractivity contribution in [3.8, 4) is 5.69 Å². The average molecular weight is 314 g/mol. The normalized spacial score (nSPS) is 11.1. The average Bonchev–Trinajstić information content (AvgIpc) is 2.68. The highest BCUT2D eigenvalue weighted by Crippen LogP contribution is 2.23. The van der Waals surface area contributed by atoms with Gasteiger partial charge in [-0.15, -0.1) is 0 Å². The first-order valence-corrected chi connectivity index (χ1v) is 6.44. The van der Waals surface area contributed by atoms with Crippen molar-refractivity contribution in [2.75, 3.05) is 0 Å². The second-order valence-corrected chi connectivity index (χ2v) is 5.12. The highest BCUT2D eigenvalue weighted by Gasteiger charge is 2.10. The van der Waals surface area contributed by atoms with E-state index in [-0.39, 0.29) is 5.02 Å². The molecule has 0 unspecified atom stereocenters. The van der Waals surface area contributed by atoms with E-state index in [0.717, 1.165) is 0 Å². The highest BCUT2D eigenvalue weighted by molar-refractivity contribution is 7.71. The van der Waals surface area contributed by atoms with Gasteiger partial charge in [0, 0.05) is 6.20 Å². The van der Waals surface area contributed by atoms with Crippen molar-refractivity contribution >= 4 is 46.6 Å². The van der Waals surface area contributed by atoms with E-state index in [0.29, 0.717) is 26.6 Å². The number of nitrogens with one attached hydrogen (secondary N) is 1. The van der Waals surface area contributed by atoms with Crippen LogP contribution < -0.4 is 0 Å². The van der Waals surface area contributed by atoms with Gasteiger partial charge in [-0.3, -0.25) is 4.57 Å². The maximum Gasteiger partial charge on any atom is 0.183 e. The third kappa shape index (κ3) is 2.14. The van der Waals surface area contributed by atoms with Gasteiger partial charge in [0.05, 0.1) is 21.2 Å². The fourth-order valence-corrected chi connectivity index (χ4v) is 2.47. The molecule has 0 aliphatic rings. The maximum absolute atomic E-state index is 13.2. The molecule has 3 nitrogen and oxygen atoms in total. The van der Waals surface area contributed by atoms with Gasteiger partial charge < -0.3 is 4.98 Å². The summed E-state index contributed by atoms with van der Waals surface area (Å²) in [7, 11) is 0. The van der Waals surface area contributed by atoms with Gasteiger partial charge in [-0.1, -0.05) is 23.2 Å². The molecule has 0 aliphatic carbocycles. The Morgan fingerprint density at radius 1 is 1.26 bits per heavy atom. The Bertz CT molecular complexity index is 841. The summed E-state index contributed by atoms with van der Waals surface area (Å²) in [6.07, 6.45) is 1.52. The summed E-state index contributed by atoms with van der Waals surface area (Å²) in [4.78, 5) is 7.22. The number of nitrogens with zero attached hydrogens (tertiary/aromatic N) is 2. The molecule has 0 saturated carbocycles. The number of hydrogen-bond donors (Lipinski definition) is 1.